The highest BCUT2D eigenvalue weighted by Crippen LogP contribution is 2.29. The number of nitrogens with two attached hydrogens (primary N) is 1. The monoisotopic (exact) mass is 315 g/mol. The molecule has 1 aliphatic carbocycles. The number of benzene rings is 1. The Morgan fingerprint density at radius 1 is 1.15 bits per heavy atom. The van der Waals surface area contributed by atoms with Crippen molar-refractivity contribution >= 4 is 40.7 Å². The summed E-state index contributed by atoms with van der Waals surface area (Å²) >= 11 is 11.7. The van der Waals surface area contributed by atoms with Crippen LogP contribution in [0.3, 0.4) is 0 Å². The van der Waals surface area contributed by atoms with Gasteiger partial charge in [-0.25, -0.2) is 0 Å². The van der Waals surface area contributed by atoms with Crippen LogP contribution in [0.4, 0.5) is 5.69 Å². The number of carbonyl (C=O) groups excluding carboxylic acids is 2. The van der Waals surface area contributed by atoms with Gasteiger partial charge in [0, 0.05) is 24.6 Å². The van der Waals surface area contributed by atoms with Gasteiger partial charge in [0.25, 0.3) is 5.91 Å². The highest BCUT2D eigenvalue weighted by atomic mass is 35.5. The summed E-state index contributed by atoms with van der Waals surface area (Å²) in [5.41, 5.74) is 6.18. The smallest absolute Gasteiger partial charge is 0.251 e. The molecule has 0 aliphatic heterocycles. The molecular formula is C13H15Cl2N3O2. The Balaban J connectivity index is 1.81. The maximum Gasteiger partial charge on any atom is 0.251 e. The van der Waals surface area contributed by atoms with Crippen molar-refractivity contribution in [3.05, 3.63) is 27.7 Å². The van der Waals surface area contributed by atoms with Crippen molar-refractivity contribution in [1.82, 2.24) is 10.6 Å². The number of hydrogen-bond donors (Lipinski definition) is 3. The topological polar surface area (TPSA) is 84.2 Å². The van der Waals surface area contributed by atoms with Crippen molar-refractivity contribution < 1.29 is 9.59 Å². The second-order valence-corrected chi connectivity index (χ2v) is 5.49. The first-order chi connectivity index (χ1) is 9.49. The van der Waals surface area contributed by atoms with E-state index in [1.807, 2.05) is 0 Å². The molecule has 108 valence electrons. The summed E-state index contributed by atoms with van der Waals surface area (Å²) in [7, 11) is 0. The van der Waals surface area contributed by atoms with Crippen molar-refractivity contribution in [2.75, 3.05) is 18.8 Å². The zero-order valence-electron chi connectivity index (χ0n) is 10.7. The highest BCUT2D eigenvalue weighted by molar-refractivity contribution is 6.39. The molecule has 2 rings (SSSR count). The molecule has 2 amide bonds. The Labute approximate surface area is 126 Å². The molecule has 0 aromatic heterocycles. The van der Waals surface area contributed by atoms with Crippen molar-refractivity contribution in [3.8, 4) is 0 Å². The van der Waals surface area contributed by atoms with Gasteiger partial charge in [0.05, 0.1) is 15.7 Å². The van der Waals surface area contributed by atoms with Crippen LogP contribution >= 0.6 is 23.2 Å². The second-order valence-electron chi connectivity index (χ2n) is 4.67. The van der Waals surface area contributed by atoms with Crippen LogP contribution in [-0.4, -0.2) is 24.9 Å². The van der Waals surface area contributed by atoms with Crippen LogP contribution in [0.1, 0.15) is 23.2 Å². The molecule has 0 radical (unpaired) electrons. The zero-order valence-corrected chi connectivity index (χ0v) is 12.2. The van der Waals surface area contributed by atoms with Gasteiger partial charge in [0.15, 0.2) is 0 Å². The predicted molar refractivity (Wildman–Crippen MR) is 78.9 cm³/mol. The fourth-order valence-corrected chi connectivity index (χ4v) is 2.16. The van der Waals surface area contributed by atoms with E-state index >= 15 is 0 Å². The Hall–Kier alpha value is -1.46. The average Bonchev–Trinajstić information content (AvgIpc) is 3.24. The molecule has 7 heteroatoms. The number of carbonyl (C=O) groups is 2. The number of hydrogen-bond acceptors (Lipinski definition) is 3. The van der Waals surface area contributed by atoms with Gasteiger partial charge < -0.3 is 16.4 Å². The van der Waals surface area contributed by atoms with Gasteiger partial charge in [-0.15, -0.1) is 0 Å². The van der Waals surface area contributed by atoms with Crippen molar-refractivity contribution in [2.24, 2.45) is 5.92 Å². The fraction of sp³-hybridized carbons (Fsp3) is 0.385. The summed E-state index contributed by atoms with van der Waals surface area (Å²) in [5, 5.41) is 5.91. The van der Waals surface area contributed by atoms with E-state index < -0.39 is 0 Å². The lowest BCUT2D eigenvalue weighted by Gasteiger charge is -2.08. The van der Waals surface area contributed by atoms with E-state index in [9.17, 15) is 9.59 Å². The van der Waals surface area contributed by atoms with Gasteiger partial charge in [-0.1, -0.05) is 23.2 Å². The first-order valence-electron chi connectivity index (χ1n) is 6.29. The maximum absolute atomic E-state index is 11.9. The lowest BCUT2D eigenvalue weighted by molar-refractivity contribution is -0.122. The Morgan fingerprint density at radius 2 is 1.70 bits per heavy atom. The number of halogens is 2. The molecule has 20 heavy (non-hydrogen) atoms. The van der Waals surface area contributed by atoms with Gasteiger partial charge in [-0.3, -0.25) is 9.59 Å². The molecule has 0 heterocycles. The maximum atomic E-state index is 11.9. The molecule has 4 N–H and O–H groups in total. The first kappa shape index (κ1) is 14.9. The van der Waals surface area contributed by atoms with Gasteiger partial charge in [0.1, 0.15) is 0 Å². The van der Waals surface area contributed by atoms with E-state index in [4.69, 9.17) is 28.9 Å². The molecule has 0 spiro atoms. The average molecular weight is 316 g/mol. The fourth-order valence-electron chi connectivity index (χ4n) is 1.67. The zero-order chi connectivity index (χ0) is 14.7. The third-order valence-electron chi connectivity index (χ3n) is 3.00. The van der Waals surface area contributed by atoms with Crippen LogP contribution in [0, 0.1) is 5.92 Å². The van der Waals surface area contributed by atoms with E-state index in [0.717, 1.165) is 12.8 Å². The summed E-state index contributed by atoms with van der Waals surface area (Å²) in [6.45, 7) is 0.744. The Bertz CT molecular complexity index is 521. The van der Waals surface area contributed by atoms with Crippen LogP contribution in [-0.2, 0) is 4.79 Å². The quantitative estimate of drug-likeness (QED) is 0.572. The van der Waals surface area contributed by atoms with Crippen LogP contribution in [0.25, 0.3) is 0 Å². The van der Waals surface area contributed by atoms with Gasteiger partial charge in [-0.05, 0) is 25.0 Å². The van der Waals surface area contributed by atoms with Gasteiger partial charge >= 0.3 is 0 Å². The number of nitrogens with one attached hydrogen (secondary N) is 2. The highest BCUT2D eigenvalue weighted by Gasteiger charge is 2.28. The standard InChI is InChI=1S/C13H15Cl2N3O2/c14-9-5-8(6-10(15)11(9)16)13(20)18-4-3-17-12(19)7-1-2-7/h5-7H,1-4,16H2,(H,17,19)(H,18,20). The van der Waals surface area contributed by atoms with Crippen LogP contribution < -0.4 is 16.4 Å². The van der Waals surface area contributed by atoms with E-state index in [1.165, 1.54) is 12.1 Å². The lowest BCUT2D eigenvalue weighted by Crippen LogP contribution is -2.35. The van der Waals surface area contributed by atoms with Crippen molar-refractivity contribution in [3.63, 3.8) is 0 Å². The number of anilines is 1. The van der Waals surface area contributed by atoms with Crippen molar-refractivity contribution in [1.29, 1.82) is 0 Å². The second kappa shape index (κ2) is 6.33. The van der Waals surface area contributed by atoms with E-state index in [2.05, 4.69) is 10.6 Å². The molecular weight excluding hydrogens is 301 g/mol. The minimum Gasteiger partial charge on any atom is -0.396 e. The molecule has 1 aromatic rings. The SMILES string of the molecule is Nc1c(Cl)cc(C(=O)NCCNC(=O)C2CC2)cc1Cl. The third kappa shape index (κ3) is 3.77. The van der Waals surface area contributed by atoms with E-state index in [0.29, 0.717) is 18.7 Å². The van der Waals surface area contributed by atoms with Crippen LogP contribution in [0.5, 0.6) is 0 Å². The minimum absolute atomic E-state index is 0.0535. The third-order valence-corrected chi connectivity index (χ3v) is 3.62. The summed E-state index contributed by atoms with van der Waals surface area (Å²) < 4.78 is 0. The largest absolute Gasteiger partial charge is 0.396 e. The molecule has 0 atom stereocenters. The van der Waals surface area contributed by atoms with E-state index in [1.54, 1.807) is 0 Å². The van der Waals surface area contributed by atoms with Crippen molar-refractivity contribution in [2.45, 2.75) is 12.8 Å². The molecule has 0 unspecified atom stereocenters. The van der Waals surface area contributed by atoms with Crippen LogP contribution in [0.15, 0.2) is 12.1 Å². The summed E-state index contributed by atoms with van der Waals surface area (Å²) in [5.74, 6) is -0.0901. The number of nitrogen functional groups attached to an aromatic ring is 1. The summed E-state index contributed by atoms with van der Waals surface area (Å²) in [6.07, 6.45) is 1.92. The predicted octanol–water partition coefficient (Wildman–Crippen LogP) is 1.83. The Morgan fingerprint density at radius 3 is 2.25 bits per heavy atom. The lowest BCUT2D eigenvalue weighted by atomic mass is 10.2. The molecule has 1 aromatic carbocycles. The minimum atomic E-state index is -0.311. The summed E-state index contributed by atoms with van der Waals surface area (Å²) in [4.78, 5) is 23.2. The number of amides is 2. The molecule has 1 aliphatic rings. The molecule has 5 nitrogen and oxygen atoms in total. The summed E-state index contributed by atoms with van der Waals surface area (Å²) in [6, 6.07) is 2.92. The first-order valence-corrected chi connectivity index (χ1v) is 7.05. The Kier molecular flexibility index (Phi) is 4.73. The number of rotatable bonds is 5. The van der Waals surface area contributed by atoms with E-state index in [-0.39, 0.29) is 33.5 Å². The van der Waals surface area contributed by atoms with Gasteiger partial charge in [0.2, 0.25) is 5.91 Å². The molecule has 1 fully saturated rings. The molecule has 0 saturated heterocycles. The molecule has 1 saturated carbocycles. The van der Waals surface area contributed by atoms with Crippen LogP contribution in [0.2, 0.25) is 10.0 Å². The normalized spacial score (nSPS) is 13.9. The molecule has 0 bridgehead atoms. The van der Waals surface area contributed by atoms with Gasteiger partial charge in [-0.2, -0.15) is 0 Å².